The van der Waals surface area contributed by atoms with Gasteiger partial charge in [-0.1, -0.05) is 31.0 Å². The first-order valence-electron chi connectivity index (χ1n) is 4.70. The Kier molecular flexibility index (Phi) is 4.42. The zero-order valence-corrected chi connectivity index (χ0v) is 9.09. The number of hydrogen-bond donors (Lipinski definition) is 2. The molecule has 0 heterocycles. The van der Waals surface area contributed by atoms with Crippen molar-refractivity contribution in [2.24, 2.45) is 0 Å². The van der Waals surface area contributed by atoms with Crippen molar-refractivity contribution in [2.75, 3.05) is 0 Å². The maximum absolute atomic E-state index is 9.52. The maximum atomic E-state index is 9.52. The van der Waals surface area contributed by atoms with E-state index in [1.54, 1.807) is 12.1 Å². The summed E-state index contributed by atoms with van der Waals surface area (Å²) in [5.41, 5.74) is 0.777. The Morgan fingerprint density at radius 2 is 2.14 bits per heavy atom. The Balaban J connectivity index is 2.76. The van der Waals surface area contributed by atoms with Crippen LogP contribution in [0.2, 0.25) is 0 Å². The van der Waals surface area contributed by atoms with Crippen LogP contribution in [-0.4, -0.2) is 5.11 Å². The second-order valence-corrected chi connectivity index (χ2v) is 3.55. The second-order valence-electron chi connectivity index (χ2n) is 3.03. The van der Waals surface area contributed by atoms with Crippen molar-refractivity contribution in [3.05, 3.63) is 29.8 Å². The van der Waals surface area contributed by atoms with Gasteiger partial charge in [0.15, 0.2) is 0 Å². The molecule has 1 aromatic rings. The zero-order valence-electron chi connectivity index (χ0n) is 8.20. The summed E-state index contributed by atoms with van der Waals surface area (Å²) < 4.78 is 0. The van der Waals surface area contributed by atoms with Crippen LogP contribution in [-0.2, 0) is 0 Å². The quantitative estimate of drug-likeness (QED) is 0.562. The van der Waals surface area contributed by atoms with E-state index in [0.29, 0.717) is 0 Å². The minimum atomic E-state index is -0.192. The van der Waals surface area contributed by atoms with E-state index in [2.05, 4.69) is 31.4 Å². The molecule has 0 saturated heterocycles. The SMILES string of the molecule is CCCC#CC(S)c1ccccc1O. The van der Waals surface area contributed by atoms with Crippen molar-refractivity contribution in [1.29, 1.82) is 0 Å². The van der Waals surface area contributed by atoms with Gasteiger partial charge in [-0.25, -0.2) is 0 Å². The fourth-order valence-electron chi connectivity index (χ4n) is 1.09. The van der Waals surface area contributed by atoms with Crippen molar-refractivity contribution >= 4 is 12.6 Å². The van der Waals surface area contributed by atoms with Gasteiger partial charge >= 0.3 is 0 Å². The van der Waals surface area contributed by atoms with E-state index in [4.69, 9.17) is 0 Å². The van der Waals surface area contributed by atoms with Gasteiger partial charge in [0.25, 0.3) is 0 Å². The Bertz CT molecular complexity index is 349. The molecule has 74 valence electrons. The number of unbranched alkanes of at least 4 members (excludes halogenated alkanes) is 1. The van der Waals surface area contributed by atoms with Crippen LogP contribution in [0.3, 0.4) is 0 Å². The van der Waals surface area contributed by atoms with E-state index in [-0.39, 0.29) is 11.0 Å². The van der Waals surface area contributed by atoms with E-state index in [1.165, 1.54) is 0 Å². The number of phenolic OH excluding ortho intramolecular Hbond substituents is 1. The van der Waals surface area contributed by atoms with Crippen LogP contribution in [0.4, 0.5) is 0 Å². The molecule has 0 saturated carbocycles. The molecular formula is C12H14OS. The minimum absolute atomic E-state index is 0.192. The molecule has 0 aromatic heterocycles. The highest BCUT2D eigenvalue weighted by atomic mass is 32.1. The van der Waals surface area contributed by atoms with Crippen LogP contribution >= 0.6 is 12.6 Å². The first-order chi connectivity index (χ1) is 6.75. The number of hydrogen-bond acceptors (Lipinski definition) is 2. The summed E-state index contributed by atoms with van der Waals surface area (Å²) in [4.78, 5) is 0. The molecule has 0 radical (unpaired) electrons. The highest BCUT2D eigenvalue weighted by Crippen LogP contribution is 2.27. The van der Waals surface area contributed by atoms with Crippen molar-refractivity contribution in [2.45, 2.75) is 25.0 Å². The van der Waals surface area contributed by atoms with E-state index in [0.717, 1.165) is 18.4 Å². The topological polar surface area (TPSA) is 20.2 Å². The third-order valence-corrected chi connectivity index (χ3v) is 2.25. The molecule has 2 heteroatoms. The van der Waals surface area contributed by atoms with E-state index in [9.17, 15) is 5.11 Å². The van der Waals surface area contributed by atoms with Crippen LogP contribution in [0.15, 0.2) is 24.3 Å². The lowest BCUT2D eigenvalue weighted by atomic mass is 10.1. The van der Waals surface area contributed by atoms with Gasteiger partial charge in [-0.2, -0.15) is 12.6 Å². The summed E-state index contributed by atoms with van der Waals surface area (Å²) in [6.07, 6.45) is 1.93. The van der Waals surface area contributed by atoms with Crippen molar-refractivity contribution in [3.63, 3.8) is 0 Å². The van der Waals surface area contributed by atoms with Crippen LogP contribution in [0.1, 0.15) is 30.6 Å². The normalized spacial score (nSPS) is 11.6. The van der Waals surface area contributed by atoms with Gasteiger partial charge in [-0.3, -0.25) is 0 Å². The van der Waals surface area contributed by atoms with Crippen LogP contribution in [0, 0.1) is 11.8 Å². The summed E-state index contributed by atoms with van der Waals surface area (Å²) >= 11 is 4.33. The third kappa shape index (κ3) is 3.01. The summed E-state index contributed by atoms with van der Waals surface area (Å²) in [6, 6.07) is 7.16. The summed E-state index contributed by atoms with van der Waals surface area (Å²) in [5.74, 6) is 6.28. The maximum Gasteiger partial charge on any atom is 0.120 e. The number of aromatic hydroxyl groups is 1. The molecule has 1 atom stereocenters. The number of thiol groups is 1. The predicted molar refractivity (Wildman–Crippen MR) is 62.5 cm³/mol. The van der Waals surface area contributed by atoms with Crippen LogP contribution < -0.4 is 0 Å². The van der Waals surface area contributed by atoms with Gasteiger partial charge in [0.2, 0.25) is 0 Å². The monoisotopic (exact) mass is 206 g/mol. The molecule has 1 unspecified atom stereocenters. The molecule has 14 heavy (non-hydrogen) atoms. The van der Waals surface area contributed by atoms with E-state index in [1.807, 2.05) is 12.1 Å². The largest absolute Gasteiger partial charge is 0.508 e. The molecule has 0 aliphatic rings. The Labute approximate surface area is 90.6 Å². The molecule has 0 fully saturated rings. The highest BCUT2D eigenvalue weighted by Gasteiger charge is 2.06. The molecule has 1 nitrogen and oxygen atoms in total. The molecule has 1 aromatic carbocycles. The number of rotatable bonds is 2. The first kappa shape index (κ1) is 11.0. The van der Waals surface area contributed by atoms with Gasteiger partial charge in [0.1, 0.15) is 5.75 Å². The van der Waals surface area contributed by atoms with Crippen molar-refractivity contribution < 1.29 is 5.11 Å². The van der Waals surface area contributed by atoms with Gasteiger partial charge < -0.3 is 5.11 Å². The average Bonchev–Trinajstić information content (AvgIpc) is 2.18. The zero-order chi connectivity index (χ0) is 10.4. The molecule has 0 spiro atoms. The molecule has 0 amide bonds. The number of benzene rings is 1. The van der Waals surface area contributed by atoms with Crippen molar-refractivity contribution in [3.8, 4) is 17.6 Å². The molecule has 0 aliphatic carbocycles. The Morgan fingerprint density at radius 3 is 2.79 bits per heavy atom. The molecule has 1 N–H and O–H groups in total. The summed E-state index contributed by atoms with van der Waals surface area (Å²) in [6.45, 7) is 2.09. The van der Waals surface area contributed by atoms with E-state index < -0.39 is 0 Å². The Hall–Kier alpha value is -1.07. The van der Waals surface area contributed by atoms with Gasteiger partial charge in [0, 0.05) is 12.0 Å². The average molecular weight is 206 g/mol. The summed E-state index contributed by atoms with van der Waals surface area (Å²) in [5, 5.41) is 9.33. The van der Waals surface area contributed by atoms with E-state index >= 15 is 0 Å². The molecular weight excluding hydrogens is 192 g/mol. The van der Waals surface area contributed by atoms with Gasteiger partial charge in [0.05, 0.1) is 5.25 Å². The fraction of sp³-hybridized carbons (Fsp3) is 0.333. The van der Waals surface area contributed by atoms with Gasteiger partial charge in [-0.15, -0.1) is 5.92 Å². The standard InChI is InChI=1S/C12H14OS/c1-2-3-4-9-12(14)10-7-5-6-8-11(10)13/h5-8,12-14H,2-3H2,1H3. The lowest BCUT2D eigenvalue weighted by Crippen LogP contribution is -1.86. The van der Waals surface area contributed by atoms with Crippen LogP contribution in [0.25, 0.3) is 0 Å². The number of phenols is 1. The van der Waals surface area contributed by atoms with Crippen molar-refractivity contribution in [1.82, 2.24) is 0 Å². The Morgan fingerprint density at radius 1 is 1.43 bits per heavy atom. The smallest absolute Gasteiger partial charge is 0.120 e. The second kappa shape index (κ2) is 5.62. The highest BCUT2D eigenvalue weighted by molar-refractivity contribution is 7.80. The van der Waals surface area contributed by atoms with Gasteiger partial charge in [-0.05, 0) is 12.5 Å². The molecule has 0 bridgehead atoms. The lowest BCUT2D eigenvalue weighted by molar-refractivity contribution is 0.470. The summed E-state index contributed by atoms with van der Waals surface area (Å²) in [7, 11) is 0. The molecule has 1 rings (SSSR count). The molecule has 0 aliphatic heterocycles. The lowest BCUT2D eigenvalue weighted by Gasteiger charge is -2.05. The minimum Gasteiger partial charge on any atom is -0.508 e. The first-order valence-corrected chi connectivity index (χ1v) is 5.21. The third-order valence-electron chi connectivity index (χ3n) is 1.85. The number of para-hydroxylation sites is 1. The fourth-order valence-corrected chi connectivity index (χ4v) is 1.40. The van der Waals surface area contributed by atoms with Crippen LogP contribution in [0.5, 0.6) is 5.75 Å². The predicted octanol–water partition coefficient (Wildman–Crippen LogP) is 3.17.